The van der Waals surface area contributed by atoms with Crippen molar-refractivity contribution in [3.63, 3.8) is 0 Å². The van der Waals surface area contributed by atoms with Gasteiger partial charge in [0.2, 0.25) is 5.91 Å². The molecule has 2 heterocycles. The number of imidazole rings is 1. The highest BCUT2D eigenvalue weighted by molar-refractivity contribution is 7.99. The van der Waals surface area contributed by atoms with Crippen LogP contribution in [0.4, 0.5) is 0 Å². The molecule has 1 amide bonds. The molecule has 1 N–H and O–H groups in total. The summed E-state index contributed by atoms with van der Waals surface area (Å²) < 4.78 is 3.69. The van der Waals surface area contributed by atoms with Gasteiger partial charge < -0.3 is 9.88 Å². The second-order valence-electron chi connectivity index (χ2n) is 4.28. The van der Waals surface area contributed by atoms with Gasteiger partial charge in [-0.3, -0.25) is 9.48 Å². The maximum atomic E-state index is 11.6. The van der Waals surface area contributed by atoms with Crippen LogP contribution in [-0.4, -0.2) is 42.5 Å². The Morgan fingerprint density at radius 1 is 1.50 bits per heavy atom. The Hall–Kier alpha value is -1.83. The first-order valence-electron chi connectivity index (χ1n) is 6.45. The highest BCUT2D eigenvalue weighted by atomic mass is 32.2. The molecular weight excluding hydrogens is 276 g/mol. The summed E-state index contributed by atoms with van der Waals surface area (Å²) in [5.74, 6) is 0.894. The Morgan fingerprint density at radius 2 is 2.40 bits per heavy atom. The van der Waals surface area contributed by atoms with E-state index in [-0.39, 0.29) is 5.91 Å². The van der Waals surface area contributed by atoms with Crippen molar-refractivity contribution < 1.29 is 4.79 Å². The molecule has 0 radical (unpaired) electrons. The zero-order valence-corrected chi connectivity index (χ0v) is 12.2. The van der Waals surface area contributed by atoms with Crippen molar-refractivity contribution in [2.75, 3.05) is 12.3 Å². The minimum atomic E-state index is 0.0746. The van der Waals surface area contributed by atoms with Crippen LogP contribution in [0.2, 0.25) is 0 Å². The molecule has 2 rings (SSSR count). The van der Waals surface area contributed by atoms with E-state index in [2.05, 4.69) is 20.4 Å². The van der Waals surface area contributed by atoms with Crippen LogP contribution in [0.25, 0.3) is 0 Å². The van der Waals surface area contributed by atoms with Gasteiger partial charge in [0.05, 0.1) is 0 Å². The van der Waals surface area contributed by atoms with Crippen LogP contribution in [0.1, 0.15) is 12.8 Å². The van der Waals surface area contributed by atoms with E-state index >= 15 is 0 Å². The molecule has 2 aromatic heterocycles. The molecule has 0 aromatic carbocycles. The van der Waals surface area contributed by atoms with Gasteiger partial charge in [-0.1, -0.05) is 11.8 Å². The summed E-state index contributed by atoms with van der Waals surface area (Å²) in [6.45, 7) is 1.37. The molecule has 108 valence electrons. The number of aryl methyl sites for hydroxylation is 2. The van der Waals surface area contributed by atoms with Crippen molar-refractivity contribution in [2.45, 2.75) is 24.5 Å². The topological polar surface area (TPSA) is 77.6 Å². The number of nitrogens with one attached hydrogen (secondary N) is 1. The zero-order valence-electron chi connectivity index (χ0n) is 11.4. The summed E-state index contributed by atoms with van der Waals surface area (Å²) in [6, 6.07) is 0. The Labute approximate surface area is 121 Å². The van der Waals surface area contributed by atoms with E-state index in [0.717, 1.165) is 23.9 Å². The number of carbonyl (C=O) groups excluding carboxylic acids is 1. The Bertz CT molecular complexity index is 524. The molecule has 0 aliphatic rings. The molecule has 0 fully saturated rings. The standard InChI is InChI=1S/C12H18N6OS/c1-17-7-4-15-12(17)20-8-5-14-11(19)3-2-6-18-10-13-9-16-18/h4,7,9-10H,2-3,5-6,8H2,1H3,(H,14,19). The van der Waals surface area contributed by atoms with Crippen LogP contribution in [-0.2, 0) is 18.4 Å². The summed E-state index contributed by atoms with van der Waals surface area (Å²) >= 11 is 1.63. The van der Waals surface area contributed by atoms with E-state index in [0.29, 0.717) is 13.0 Å². The second kappa shape index (κ2) is 7.68. The largest absolute Gasteiger partial charge is 0.355 e. The minimum absolute atomic E-state index is 0.0746. The lowest BCUT2D eigenvalue weighted by molar-refractivity contribution is -0.121. The molecule has 0 aliphatic carbocycles. The monoisotopic (exact) mass is 294 g/mol. The van der Waals surface area contributed by atoms with Gasteiger partial charge in [0.15, 0.2) is 5.16 Å². The Kier molecular flexibility index (Phi) is 5.60. The van der Waals surface area contributed by atoms with Crippen LogP contribution < -0.4 is 5.32 Å². The summed E-state index contributed by atoms with van der Waals surface area (Å²) in [5.41, 5.74) is 0. The van der Waals surface area contributed by atoms with Gasteiger partial charge in [-0.2, -0.15) is 5.10 Å². The van der Waals surface area contributed by atoms with Crippen molar-refractivity contribution in [3.8, 4) is 0 Å². The third-order valence-corrected chi connectivity index (χ3v) is 3.75. The Morgan fingerprint density at radius 3 is 3.10 bits per heavy atom. The minimum Gasteiger partial charge on any atom is -0.355 e. The average molecular weight is 294 g/mol. The maximum Gasteiger partial charge on any atom is 0.220 e. The van der Waals surface area contributed by atoms with E-state index in [1.165, 1.54) is 6.33 Å². The zero-order chi connectivity index (χ0) is 14.2. The number of aromatic nitrogens is 5. The third kappa shape index (κ3) is 4.69. The Balaban J connectivity index is 1.53. The van der Waals surface area contributed by atoms with Crippen LogP contribution in [0.15, 0.2) is 30.2 Å². The number of hydrogen-bond donors (Lipinski definition) is 1. The highest BCUT2D eigenvalue weighted by Crippen LogP contribution is 2.12. The smallest absolute Gasteiger partial charge is 0.220 e. The van der Waals surface area contributed by atoms with E-state index in [1.807, 2.05) is 17.8 Å². The lowest BCUT2D eigenvalue weighted by Crippen LogP contribution is -2.25. The van der Waals surface area contributed by atoms with Crippen molar-refractivity contribution in [1.29, 1.82) is 0 Å². The molecule has 0 bridgehead atoms. The number of carbonyl (C=O) groups is 1. The molecule has 0 aliphatic heterocycles. The van der Waals surface area contributed by atoms with Crippen LogP contribution in [0.5, 0.6) is 0 Å². The molecule has 2 aromatic rings. The van der Waals surface area contributed by atoms with Gasteiger partial charge in [0.1, 0.15) is 12.7 Å². The normalized spacial score (nSPS) is 10.7. The summed E-state index contributed by atoms with van der Waals surface area (Å²) in [5, 5.41) is 7.85. The van der Waals surface area contributed by atoms with Crippen molar-refractivity contribution in [1.82, 2.24) is 29.6 Å². The number of thioether (sulfide) groups is 1. The summed E-state index contributed by atoms with van der Waals surface area (Å²) in [7, 11) is 1.96. The fraction of sp³-hybridized carbons (Fsp3) is 0.500. The molecule has 7 nitrogen and oxygen atoms in total. The first-order valence-corrected chi connectivity index (χ1v) is 7.43. The summed E-state index contributed by atoms with van der Waals surface area (Å²) in [6.07, 6.45) is 8.10. The summed E-state index contributed by atoms with van der Waals surface area (Å²) in [4.78, 5) is 19.7. The molecular formula is C12H18N6OS. The molecule has 0 atom stereocenters. The molecule has 0 saturated carbocycles. The van der Waals surface area contributed by atoms with Gasteiger partial charge in [0, 0.05) is 44.7 Å². The average Bonchev–Trinajstić information content (AvgIpc) is 3.07. The van der Waals surface area contributed by atoms with Gasteiger partial charge in [-0.15, -0.1) is 0 Å². The van der Waals surface area contributed by atoms with Gasteiger partial charge in [0.25, 0.3) is 0 Å². The van der Waals surface area contributed by atoms with Crippen molar-refractivity contribution >= 4 is 17.7 Å². The van der Waals surface area contributed by atoms with E-state index in [1.54, 1.807) is 29.0 Å². The molecule has 8 heteroatoms. The SMILES string of the molecule is Cn1ccnc1SCCNC(=O)CCCn1cncn1. The highest BCUT2D eigenvalue weighted by Gasteiger charge is 2.03. The first-order chi connectivity index (χ1) is 9.75. The number of rotatable bonds is 8. The van der Waals surface area contributed by atoms with Crippen LogP contribution >= 0.6 is 11.8 Å². The van der Waals surface area contributed by atoms with Crippen LogP contribution in [0.3, 0.4) is 0 Å². The van der Waals surface area contributed by atoms with Crippen LogP contribution in [0, 0.1) is 0 Å². The molecule has 0 unspecified atom stereocenters. The van der Waals surface area contributed by atoms with Gasteiger partial charge in [-0.05, 0) is 6.42 Å². The molecule has 0 spiro atoms. The first kappa shape index (κ1) is 14.6. The quantitative estimate of drug-likeness (QED) is 0.573. The van der Waals surface area contributed by atoms with E-state index < -0.39 is 0 Å². The van der Waals surface area contributed by atoms with E-state index in [4.69, 9.17) is 0 Å². The van der Waals surface area contributed by atoms with Gasteiger partial charge >= 0.3 is 0 Å². The fourth-order valence-electron chi connectivity index (χ4n) is 1.66. The predicted molar refractivity (Wildman–Crippen MR) is 76.2 cm³/mol. The molecule has 0 saturated heterocycles. The van der Waals surface area contributed by atoms with Crippen molar-refractivity contribution in [3.05, 3.63) is 25.0 Å². The second-order valence-corrected chi connectivity index (χ2v) is 5.34. The number of amides is 1. The third-order valence-electron chi connectivity index (χ3n) is 2.69. The number of hydrogen-bond acceptors (Lipinski definition) is 5. The lowest BCUT2D eigenvalue weighted by atomic mass is 10.3. The predicted octanol–water partition coefficient (Wildman–Crippen LogP) is 0.700. The fourth-order valence-corrected chi connectivity index (χ4v) is 2.45. The molecule has 20 heavy (non-hydrogen) atoms. The maximum absolute atomic E-state index is 11.6. The van der Waals surface area contributed by atoms with Crippen molar-refractivity contribution in [2.24, 2.45) is 7.05 Å². The lowest BCUT2D eigenvalue weighted by Gasteiger charge is -2.05. The number of nitrogens with zero attached hydrogens (tertiary/aromatic N) is 5. The van der Waals surface area contributed by atoms with E-state index in [9.17, 15) is 4.79 Å². The van der Waals surface area contributed by atoms with Gasteiger partial charge in [-0.25, -0.2) is 9.97 Å².